The highest BCUT2D eigenvalue weighted by molar-refractivity contribution is 7.89. The molecule has 1 saturated heterocycles. The van der Waals surface area contributed by atoms with Crippen LogP contribution in [0.3, 0.4) is 0 Å². The second kappa shape index (κ2) is 8.46. The molecule has 1 aliphatic rings. The van der Waals surface area contributed by atoms with Gasteiger partial charge in [-0.15, -0.1) is 0 Å². The predicted octanol–water partition coefficient (Wildman–Crippen LogP) is 1.82. The monoisotopic (exact) mass is 389 g/mol. The molecular weight excluding hydrogens is 366 g/mol. The number of carbonyl (C=O) groups excluding carboxylic acids is 1. The second-order valence-corrected chi connectivity index (χ2v) is 8.10. The average Bonchev–Trinajstić information content (AvgIpc) is 3.06. The zero-order chi connectivity index (χ0) is 18.6. The van der Waals surface area contributed by atoms with Gasteiger partial charge in [-0.1, -0.05) is 25.4 Å². The predicted molar refractivity (Wildman–Crippen MR) is 97.1 cm³/mol. The number of anilines is 1. The third-order valence-electron chi connectivity index (χ3n) is 4.18. The number of nitrogens with zero attached hydrogens (tertiary/aromatic N) is 1. The van der Waals surface area contributed by atoms with E-state index in [9.17, 15) is 13.2 Å². The number of carbonyl (C=O) groups is 1. The molecular formula is C16H24ClN3O4S. The average molecular weight is 390 g/mol. The largest absolute Gasteiger partial charge is 0.364 e. The number of hydrogen-bond acceptors (Lipinski definition) is 5. The molecule has 0 radical (unpaired) electrons. The molecule has 0 aliphatic carbocycles. The van der Waals surface area contributed by atoms with E-state index in [0.29, 0.717) is 31.7 Å². The number of ether oxygens (including phenoxy) is 1. The molecule has 140 valence electrons. The summed E-state index contributed by atoms with van der Waals surface area (Å²) < 4.78 is 32.2. The van der Waals surface area contributed by atoms with E-state index in [4.69, 9.17) is 22.1 Å². The number of amides is 1. The fourth-order valence-corrected chi connectivity index (χ4v) is 4.73. The third kappa shape index (κ3) is 4.51. The maximum Gasteiger partial charge on any atom is 0.253 e. The molecule has 7 nitrogen and oxygen atoms in total. The molecule has 3 N–H and O–H groups in total. The lowest BCUT2D eigenvalue weighted by Crippen LogP contribution is -2.31. The molecule has 0 bridgehead atoms. The van der Waals surface area contributed by atoms with Crippen LogP contribution in [-0.4, -0.2) is 50.5 Å². The number of hydrogen-bond donors (Lipinski definition) is 2. The molecule has 1 aliphatic heterocycles. The normalized spacial score (nSPS) is 20.8. The fraction of sp³-hybridized carbons (Fsp3) is 0.562. The molecule has 9 heteroatoms. The summed E-state index contributed by atoms with van der Waals surface area (Å²) in [6.07, 6.45) is 0.634. The van der Waals surface area contributed by atoms with Gasteiger partial charge in [-0.2, -0.15) is 4.31 Å². The maximum atomic E-state index is 12.7. The highest BCUT2D eigenvalue weighted by Gasteiger charge is 2.30. The van der Waals surface area contributed by atoms with Gasteiger partial charge < -0.3 is 15.8 Å². The summed E-state index contributed by atoms with van der Waals surface area (Å²) in [4.78, 5) is 12.3. The zero-order valence-corrected chi connectivity index (χ0v) is 15.9. The minimum atomic E-state index is -3.72. The van der Waals surface area contributed by atoms with E-state index in [0.717, 1.165) is 6.42 Å². The summed E-state index contributed by atoms with van der Waals surface area (Å²) in [6, 6.07) is 4.41. The molecule has 0 unspecified atom stereocenters. The molecule has 1 amide bonds. The van der Waals surface area contributed by atoms with Crippen LogP contribution in [-0.2, 0) is 19.6 Å². The van der Waals surface area contributed by atoms with Crippen molar-refractivity contribution in [1.82, 2.24) is 4.31 Å². The summed E-state index contributed by atoms with van der Waals surface area (Å²) in [5.74, 6) is -0.315. The van der Waals surface area contributed by atoms with Crippen molar-refractivity contribution < 1.29 is 17.9 Å². The Morgan fingerprint density at radius 2 is 2.04 bits per heavy atom. The summed E-state index contributed by atoms with van der Waals surface area (Å²) in [5.41, 5.74) is 5.91. The summed E-state index contributed by atoms with van der Waals surface area (Å²) in [7, 11) is -3.72. The summed E-state index contributed by atoms with van der Waals surface area (Å²) in [6.45, 7) is 4.55. The van der Waals surface area contributed by atoms with Crippen LogP contribution in [0.25, 0.3) is 0 Å². The Morgan fingerprint density at radius 1 is 1.36 bits per heavy atom. The van der Waals surface area contributed by atoms with Crippen LogP contribution in [0.4, 0.5) is 5.69 Å². The Balaban J connectivity index is 2.20. The molecule has 0 spiro atoms. The highest BCUT2D eigenvalue weighted by Crippen LogP contribution is 2.28. The van der Waals surface area contributed by atoms with Gasteiger partial charge in [0.05, 0.1) is 11.1 Å². The summed E-state index contributed by atoms with van der Waals surface area (Å²) >= 11 is 6.08. The Bertz CT molecular complexity index is 722. The van der Waals surface area contributed by atoms with Crippen LogP contribution in [0, 0.1) is 0 Å². The van der Waals surface area contributed by atoms with E-state index >= 15 is 0 Å². The minimum Gasteiger partial charge on any atom is -0.364 e. The fourth-order valence-electron chi connectivity index (χ4n) is 2.78. The van der Waals surface area contributed by atoms with Gasteiger partial charge in [0, 0.05) is 25.3 Å². The quantitative estimate of drug-likeness (QED) is 0.740. The molecule has 0 saturated carbocycles. The Hall–Kier alpha value is -1.19. The van der Waals surface area contributed by atoms with Crippen molar-refractivity contribution >= 4 is 33.2 Å². The van der Waals surface area contributed by atoms with Crippen molar-refractivity contribution in [2.75, 3.05) is 25.0 Å². The SMILES string of the molecule is CCN(CC)S(=O)(=O)c1cc(NC(=O)[C@@H]2CC[C@H](CN)O2)ccc1Cl. The molecule has 1 aromatic carbocycles. The first kappa shape index (κ1) is 20.1. The zero-order valence-electron chi connectivity index (χ0n) is 14.4. The van der Waals surface area contributed by atoms with E-state index in [1.807, 2.05) is 0 Å². The first-order valence-corrected chi connectivity index (χ1v) is 10.1. The van der Waals surface area contributed by atoms with Crippen LogP contribution in [0.2, 0.25) is 5.02 Å². The van der Waals surface area contributed by atoms with E-state index in [1.54, 1.807) is 19.9 Å². The smallest absolute Gasteiger partial charge is 0.253 e. The molecule has 25 heavy (non-hydrogen) atoms. The number of nitrogens with one attached hydrogen (secondary N) is 1. The standard InChI is InChI=1S/C16H24ClN3O4S/c1-3-20(4-2)25(22,23)15-9-11(5-7-13(15)17)19-16(21)14-8-6-12(10-18)24-14/h5,7,9,12,14H,3-4,6,8,10,18H2,1-2H3,(H,19,21)/t12-,14+/m1/s1. The highest BCUT2D eigenvalue weighted by atomic mass is 35.5. The summed E-state index contributed by atoms with van der Waals surface area (Å²) in [5, 5.41) is 2.81. The van der Waals surface area contributed by atoms with E-state index in [1.165, 1.54) is 16.4 Å². The van der Waals surface area contributed by atoms with Crippen molar-refractivity contribution in [3.05, 3.63) is 23.2 Å². The minimum absolute atomic E-state index is 0.0251. The number of halogens is 1. The van der Waals surface area contributed by atoms with Gasteiger partial charge in [0.2, 0.25) is 10.0 Å². The van der Waals surface area contributed by atoms with Gasteiger partial charge in [-0.25, -0.2) is 8.42 Å². The van der Waals surface area contributed by atoms with Crippen LogP contribution >= 0.6 is 11.6 Å². The molecule has 1 aromatic rings. The van der Waals surface area contributed by atoms with Gasteiger partial charge in [0.25, 0.3) is 5.91 Å². The molecule has 0 aromatic heterocycles. The van der Waals surface area contributed by atoms with Crippen LogP contribution < -0.4 is 11.1 Å². The van der Waals surface area contributed by atoms with E-state index in [2.05, 4.69) is 5.32 Å². The Labute approximate surface area is 153 Å². The molecule has 1 fully saturated rings. The van der Waals surface area contributed by atoms with Crippen molar-refractivity contribution in [3.8, 4) is 0 Å². The lowest BCUT2D eigenvalue weighted by atomic mass is 10.2. The Morgan fingerprint density at radius 3 is 2.60 bits per heavy atom. The van der Waals surface area contributed by atoms with Gasteiger partial charge in [-0.3, -0.25) is 4.79 Å². The van der Waals surface area contributed by atoms with E-state index in [-0.39, 0.29) is 21.9 Å². The lowest BCUT2D eigenvalue weighted by Gasteiger charge is -2.20. The van der Waals surface area contributed by atoms with Gasteiger partial charge >= 0.3 is 0 Å². The number of benzene rings is 1. The second-order valence-electron chi connectivity index (χ2n) is 5.78. The molecule has 1 heterocycles. The van der Waals surface area contributed by atoms with Crippen LogP contribution in [0.15, 0.2) is 23.1 Å². The van der Waals surface area contributed by atoms with Crippen molar-refractivity contribution in [2.45, 2.75) is 43.8 Å². The topological polar surface area (TPSA) is 102 Å². The molecule has 2 rings (SSSR count). The van der Waals surface area contributed by atoms with Crippen molar-refractivity contribution in [2.24, 2.45) is 5.73 Å². The first-order valence-electron chi connectivity index (χ1n) is 8.29. The van der Waals surface area contributed by atoms with Gasteiger partial charge in [0.15, 0.2) is 0 Å². The first-order chi connectivity index (χ1) is 11.8. The van der Waals surface area contributed by atoms with Crippen molar-refractivity contribution in [3.63, 3.8) is 0 Å². The van der Waals surface area contributed by atoms with Gasteiger partial charge in [0.1, 0.15) is 11.0 Å². The van der Waals surface area contributed by atoms with Gasteiger partial charge in [-0.05, 0) is 31.0 Å². The third-order valence-corrected chi connectivity index (χ3v) is 6.72. The van der Waals surface area contributed by atoms with Crippen LogP contribution in [0.1, 0.15) is 26.7 Å². The van der Waals surface area contributed by atoms with Crippen molar-refractivity contribution in [1.29, 1.82) is 0 Å². The lowest BCUT2D eigenvalue weighted by molar-refractivity contribution is -0.126. The maximum absolute atomic E-state index is 12.7. The number of sulfonamides is 1. The van der Waals surface area contributed by atoms with E-state index < -0.39 is 16.1 Å². The number of rotatable bonds is 7. The Kier molecular flexibility index (Phi) is 6.81. The van der Waals surface area contributed by atoms with Crippen LogP contribution in [0.5, 0.6) is 0 Å². The molecule has 2 atom stereocenters. The number of nitrogens with two attached hydrogens (primary N) is 1.